The van der Waals surface area contributed by atoms with Gasteiger partial charge >= 0.3 is 0 Å². The van der Waals surface area contributed by atoms with Crippen LogP contribution in [0.2, 0.25) is 0 Å². The summed E-state index contributed by atoms with van der Waals surface area (Å²) in [7, 11) is 0. The van der Waals surface area contributed by atoms with E-state index in [9.17, 15) is 9.59 Å². The van der Waals surface area contributed by atoms with Crippen LogP contribution in [0.25, 0.3) is 6.08 Å². The molecule has 0 atom stereocenters. The van der Waals surface area contributed by atoms with E-state index in [2.05, 4.69) is 5.32 Å². The van der Waals surface area contributed by atoms with E-state index < -0.39 is 5.91 Å². The first kappa shape index (κ1) is 11.8. The molecule has 16 heavy (non-hydrogen) atoms. The van der Waals surface area contributed by atoms with Crippen LogP contribution >= 0.6 is 0 Å². The van der Waals surface area contributed by atoms with Crippen LogP contribution in [0.5, 0.6) is 0 Å². The van der Waals surface area contributed by atoms with E-state index >= 15 is 0 Å². The van der Waals surface area contributed by atoms with Gasteiger partial charge in [-0.1, -0.05) is 12.1 Å². The molecule has 0 aliphatic carbocycles. The molecule has 5 N–H and O–H groups in total. The SMILES string of the molecule is NC(=O)CNC(=O)/C=C/c1ccc(N)cc1. The molecule has 0 radical (unpaired) electrons. The Labute approximate surface area is 93.1 Å². The fourth-order valence-corrected chi connectivity index (χ4v) is 1.01. The molecule has 0 fully saturated rings. The minimum Gasteiger partial charge on any atom is -0.399 e. The van der Waals surface area contributed by atoms with Crippen LogP contribution < -0.4 is 16.8 Å². The summed E-state index contributed by atoms with van der Waals surface area (Å²) < 4.78 is 0. The highest BCUT2D eigenvalue weighted by Gasteiger charge is 1.97. The smallest absolute Gasteiger partial charge is 0.244 e. The van der Waals surface area contributed by atoms with Gasteiger partial charge in [-0.3, -0.25) is 9.59 Å². The zero-order valence-corrected chi connectivity index (χ0v) is 8.64. The van der Waals surface area contributed by atoms with Crippen molar-refractivity contribution >= 4 is 23.6 Å². The van der Waals surface area contributed by atoms with Crippen molar-refractivity contribution in [3.8, 4) is 0 Å². The predicted molar refractivity (Wildman–Crippen MR) is 62.1 cm³/mol. The molecule has 0 aliphatic rings. The normalized spacial score (nSPS) is 10.2. The maximum atomic E-state index is 11.2. The first-order valence-corrected chi connectivity index (χ1v) is 4.67. The number of anilines is 1. The first-order valence-electron chi connectivity index (χ1n) is 4.67. The van der Waals surface area contributed by atoms with Gasteiger partial charge in [-0.05, 0) is 23.8 Å². The van der Waals surface area contributed by atoms with Crippen molar-refractivity contribution in [1.82, 2.24) is 5.32 Å². The second-order valence-corrected chi connectivity index (χ2v) is 3.18. The molecule has 1 aromatic rings. The molecule has 5 heteroatoms. The third-order valence-corrected chi connectivity index (χ3v) is 1.80. The number of nitrogen functional groups attached to an aromatic ring is 1. The zero-order valence-electron chi connectivity index (χ0n) is 8.64. The summed E-state index contributed by atoms with van der Waals surface area (Å²) in [6.07, 6.45) is 2.95. The number of carbonyl (C=O) groups is 2. The largest absolute Gasteiger partial charge is 0.399 e. The topological polar surface area (TPSA) is 98.2 Å². The van der Waals surface area contributed by atoms with E-state index in [0.717, 1.165) is 5.56 Å². The molecule has 0 bridgehead atoms. The van der Waals surface area contributed by atoms with Gasteiger partial charge < -0.3 is 16.8 Å². The van der Waals surface area contributed by atoms with Crippen LogP contribution in [-0.2, 0) is 9.59 Å². The minimum atomic E-state index is -0.575. The summed E-state index contributed by atoms with van der Waals surface area (Å²) in [5, 5.41) is 2.34. The first-order chi connectivity index (χ1) is 7.58. The molecule has 0 heterocycles. The lowest BCUT2D eigenvalue weighted by Crippen LogP contribution is -2.32. The van der Waals surface area contributed by atoms with E-state index in [1.165, 1.54) is 6.08 Å². The van der Waals surface area contributed by atoms with Crippen LogP contribution in [0.1, 0.15) is 5.56 Å². The van der Waals surface area contributed by atoms with Gasteiger partial charge in [-0.2, -0.15) is 0 Å². The molecule has 1 rings (SSSR count). The second-order valence-electron chi connectivity index (χ2n) is 3.18. The maximum Gasteiger partial charge on any atom is 0.244 e. The van der Waals surface area contributed by atoms with Crippen LogP contribution in [0, 0.1) is 0 Å². The number of hydrogen-bond acceptors (Lipinski definition) is 3. The molecular weight excluding hydrogens is 206 g/mol. The third kappa shape index (κ3) is 4.28. The summed E-state index contributed by atoms with van der Waals surface area (Å²) in [5.41, 5.74) is 11.9. The second kappa shape index (κ2) is 5.55. The Bertz CT molecular complexity index is 410. The standard InChI is InChI=1S/C11H13N3O2/c12-9-4-1-8(2-5-9)3-6-11(16)14-7-10(13)15/h1-6H,7,12H2,(H2,13,15)(H,14,16)/b6-3+. The molecule has 1 aromatic carbocycles. The van der Waals surface area contributed by atoms with Crippen molar-refractivity contribution in [2.75, 3.05) is 12.3 Å². The Morgan fingerprint density at radius 1 is 1.25 bits per heavy atom. The van der Waals surface area contributed by atoms with Gasteiger partial charge in [0.2, 0.25) is 11.8 Å². The molecule has 0 spiro atoms. The van der Waals surface area contributed by atoms with Crippen LogP contribution in [0.4, 0.5) is 5.69 Å². The van der Waals surface area contributed by atoms with Gasteiger partial charge in [0.15, 0.2) is 0 Å². The molecule has 0 aliphatic heterocycles. The van der Waals surface area contributed by atoms with E-state index in [1.807, 2.05) is 0 Å². The number of hydrogen-bond donors (Lipinski definition) is 3. The highest BCUT2D eigenvalue weighted by atomic mass is 16.2. The molecule has 0 aromatic heterocycles. The zero-order chi connectivity index (χ0) is 12.0. The van der Waals surface area contributed by atoms with Gasteiger partial charge in [-0.25, -0.2) is 0 Å². The van der Waals surface area contributed by atoms with Gasteiger partial charge in [0, 0.05) is 11.8 Å². The summed E-state index contributed by atoms with van der Waals surface area (Å²) in [5.74, 6) is -0.940. The van der Waals surface area contributed by atoms with Gasteiger partial charge in [-0.15, -0.1) is 0 Å². The summed E-state index contributed by atoms with van der Waals surface area (Å²) in [4.78, 5) is 21.5. The molecule has 5 nitrogen and oxygen atoms in total. The number of rotatable bonds is 4. The van der Waals surface area contributed by atoms with Crippen molar-refractivity contribution in [1.29, 1.82) is 0 Å². The molecular formula is C11H13N3O2. The molecule has 0 unspecified atom stereocenters. The Balaban J connectivity index is 2.50. The van der Waals surface area contributed by atoms with Gasteiger partial charge in [0.05, 0.1) is 6.54 Å². The summed E-state index contributed by atoms with van der Waals surface area (Å²) in [6.45, 7) is -0.162. The maximum absolute atomic E-state index is 11.2. The molecule has 84 valence electrons. The van der Waals surface area contributed by atoms with E-state index in [4.69, 9.17) is 11.5 Å². The summed E-state index contributed by atoms with van der Waals surface area (Å²) >= 11 is 0. The fourth-order valence-electron chi connectivity index (χ4n) is 1.01. The molecule has 2 amide bonds. The van der Waals surface area contributed by atoms with Crippen molar-refractivity contribution in [3.05, 3.63) is 35.9 Å². The number of amides is 2. The Hall–Kier alpha value is -2.30. The van der Waals surface area contributed by atoms with Crippen molar-refractivity contribution in [2.24, 2.45) is 5.73 Å². The molecule has 0 saturated carbocycles. The lowest BCUT2D eigenvalue weighted by Gasteiger charge is -1.97. The average molecular weight is 219 g/mol. The van der Waals surface area contributed by atoms with Crippen molar-refractivity contribution in [2.45, 2.75) is 0 Å². The highest BCUT2D eigenvalue weighted by Crippen LogP contribution is 2.06. The van der Waals surface area contributed by atoms with Gasteiger partial charge in [0.25, 0.3) is 0 Å². The average Bonchev–Trinajstić information content (AvgIpc) is 2.25. The van der Waals surface area contributed by atoms with Crippen molar-refractivity contribution < 1.29 is 9.59 Å². The number of nitrogens with one attached hydrogen (secondary N) is 1. The Morgan fingerprint density at radius 3 is 2.44 bits per heavy atom. The number of carbonyl (C=O) groups excluding carboxylic acids is 2. The van der Waals surface area contributed by atoms with E-state index in [0.29, 0.717) is 5.69 Å². The summed E-state index contributed by atoms with van der Waals surface area (Å²) in [6, 6.07) is 7.04. The van der Waals surface area contributed by atoms with Crippen LogP contribution in [0.3, 0.4) is 0 Å². The lowest BCUT2D eigenvalue weighted by atomic mass is 10.2. The van der Waals surface area contributed by atoms with Crippen molar-refractivity contribution in [3.63, 3.8) is 0 Å². The Kier molecular flexibility index (Phi) is 4.08. The van der Waals surface area contributed by atoms with E-state index in [1.54, 1.807) is 30.3 Å². The number of nitrogens with two attached hydrogens (primary N) is 2. The van der Waals surface area contributed by atoms with Gasteiger partial charge in [0.1, 0.15) is 0 Å². The van der Waals surface area contributed by atoms with Crippen LogP contribution in [-0.4, -0.2) is 18.4 Å². The van der Waals surface area contributed by atoms with E-state index in [-0.39, 0.29) is 12.5 Å². The minimum absolute atomic E-state index is 0.162. The number of primary amides is 1. The van der Waals surface area contributed by atoms with Crippen LogP contribution in [0.15, 0.2) is 30.3 Å². The monoisotopic (exact) mass is 219 g/mol. The Morgan fingerprint density at radius 2 is 1.88 bits per heavy atom. The predicted octanol–water partition coefficient (Wildman–Crippen LogP) is -0.117. The number of benzene rings is 1. The fraction of sp³-hybridized carbons (Fsp3) is 0.0909. The molecule has 0 saturated heterocycles. The quantitative estimate of drug-likeness (QED) is 0.486. The third-order valence-electron chi connectivity index (χ3n) is 1.80. The lowest BCUT2D eigenvalue weighted by molar-refractivity contribution is -0.122. The highest BCUT2D eigenvalue weighted by molar-refractivity contribution is 5.94.